The highest BCUT2D eigenvalue weighted by atomic mass is 32.2. The molecule has 2 aliphatic rings. The number of aromatic nitrogens is 2. The van der Waals surface area contributed by atoms with Gasteiger partial charge in [0.15, 0.2) is 5.82 Å². The van der Waals surface area contributed by atoms with Crippen LogP contribution in [0, 0.1) is 0 Å². The second-order valence-corrected chi connectivity index (χ2v) is 9.77. The summed E-state index contributed by atoms with van der Waals surface area (Å²) in [6.07, 6.45) is 2.72. The minimum atomic E-state index is -3.60. The van der Waals surface area contributed by atoms with Crippen LogP contribution >= 0.6 is 0 Å². The lowest BCUT2D eigenvalue weighted by Crippen LogP contribution is -2.39. The van der Waals surface area contributed by atoms with Gasteiger partial charge in [0, 0.05) is 24.2 Å². The van der Waals surface area contributed by atoms with Crippen molar-refractivity contribution in [3.05, 3.63) is 48.5 Å². The van der Waals surface area contributed by atoms with Crippen LogP contribution in [0.3, 0.4) is 0 Å². The quantitative estimate of drug-likeness (QED) is 0.672. The van der Waals surface area contributed by atoms with Crippen LogP contribution < -0.4 is 5.32 Å². The molecule has 0 amide bonds. The first-order chi connectivity index (χ1) is 14.0. The first-order valence-electron chi connectivity index (χ1n) is 10.0. The van der Waals surface area contributed by atoms with E-state index in [0.717, 1.165) is 29.4 Å². The molecule has 0 radical (unpaired) electrons. The fraction of sp³-hybridized carbons (Fsp3) is 0.381. The molecule has 0 spiro atoms. The fourth-order valence-electron chi connectivity index (χ4n) is 3.86. The zero-order valence-electron chi connectivity index (χ0n) is 16.0. The Bertz CT molecular complexity index is 1130. The molecule has 7 nitrogen and oxygen atoms in total. The number of piperidine rings is 1. The van der Waals surface area contributed by atoms with Crippen LogP contribution in [-0.2, 0) is 10.0 Å². The molecule has 1 aromatic heterocycles. The number of benzene rings is 2. The predicted octanol–water partition coefficient (Wildman–Crippen LogP) is 3.26. The van der Waals surface area contributed by atoms with Gasteiger partial charge in [0.25, 0.3) is 0 Å². The third-order valence-electron chi connectivity index (χ3n) is 5.67. The van der Waals surface area contributed by atoms with Crippen LogP contribution in [0.1, 0.15) is 31.7 Å². The molecule has 2 N–H and O–H groups in total. The van der Waals surface area contributed by atoms with Gasteiger partial charge in [0.2, 0.25) is 10.0 Å². The van der Waals surface area contributed by atoms with Crippen molar-refractivity contribution in [1.82, 2.24) is 14.1 Å². The molecular formula is C21H24N4O3S. The standard InChI is InChI=1S/C21H24N4O3S/c26-17-10-12-24(13-11-17)29(27,28)18-8-9-20-19(14-18)21(23-25(20)16-6-7-16)22-15-4-2-1-3-5-15/h1-5,8-9,14,16-17,26H,6-7,10-13H2,(H,22,23). The van der Waals surface area contributed by atoms with Crippen molar-refractivity contribution in [2.24, 2.45) is 0 Å². The number of hydrogen-bond acceptors (Lipinski definition) is 5. The topological polar surface area (TPSA) is 87.5 Å². The second kappa shape index (κ2) is 7.12. The molecule has 29 heavy (non-hydrogen) atoms. The SMILES string of the molecule is O=S(=O)(c1ccc2c(c1)c(Nc1ccccc1)nn2C1CC1)N1CCC(O)CC1. The maximum atomic E-state index is 13.2. The second-order valence-electron chi connectivity index (χ2n) is 7.83. The van der Waals surface area contributed by atoms with E-state index in [1.54, 1.807) is 12.1 Å². The van der Waals surface area contributed by atoms with Crippen molar-refractivity contribution >= 4 is 32.4 Å². The molecule has 152 valence electrons. The van der Waals surface area contributed by atoms with Gasteiger partial charge in [-0.25, -0.2) is 8.42 Å². The van der Waals surface area contributed by atoms with Gasteiger partial charge >= 0.3 is 0 Å². The van der Waals surface area contributed by atoms with E-state index in [4.69, 9.17) is 5.10 Å². The van der Waals surface area contributed by atoms with Crippen LogP contribution in [0.4, 0.5) is 11.5 Å². The largest absolute Gasteiger partial charge is 0.393 e. The first kappa shape index (κ1) is 18.6. The number of anilines is 2. The van der Waals surface area contributed by atoms with Gasteiger partial charge in [-0.2, -0.15) is 9.40 Å². The van der Waals surface area contributed by atoms with E-state index in [1.165, 1.54) is 4.31 Å². The van der Waals surface area contributed by atoms with Gasteiger partial charge in [-0.05, 0) is 56.0 Å². The van der Waals surface area contributed by atoms with Gasteiger partial charge in [0.05, 0.1) is 22.6 Å². The van der Waals surface area contributed by atoms with Gasteiger partial charge < -0.3 is 10.4 Å². The number of aliphatic hydroxyl groups excluding tert-OH is 1. The fourth-order valence-corrected chi connectivity index (χ4v) is 5.36. The highest BCUT2D eigenvalue weighted by molar-refractivity contribution is 7.89. The Balaban J connectivity index is 1.55. The number of fused-ring (bicyclic) bond motifs is 1. The van der Waals surface area contributed by atoms with Crippen LogP contribution in [0.2, 0.25) is 0 Å². The summed E-state index contributed by atoms with van der Waals surface area (Å²) in [7, 11) is -3.60. The molecule has 5 rings (SSSR count). The summed E-state index contributed by atoms with van der Waals surface area (Å²) in [5, 5.41) is 18.6. The number of para-hydroxylation sites is 1. The smallest absolute Gasteiger partial charge is 0.243 e. The highest BCUT2D eigenvalue weighted by Crippen LogP contribution is 2.40. The molecular weight excluding hydrogens is 388 g/mol. The summed E-state index contributed by atoms with van der Waals surface area (Å²) >= 11 is 0. The molecule has 1 aliphatic carbocycles. The number of rotatable bonds is 5. The third kappa shape index (κ3) is 3.52. The Morgan fingerprint density at radius 3 is 2.41 bits per heavy atom. The number of nitrogens with one attached hydrogen (secondary N) is 1. The van der Waals surface area contributed by atoms with E-state index in [-0.39, 0.29) is 4.90 Å². The molecule has 8 heteroatoms. The summed E-state index contributed by atoms with van der Waals surface area (Å²) in [6, 6.07) is 15.4. The van der Waals surface area contributed by atoms with Gasteiger partial charge in [-0.3, -0.25) is 4.68 Å². The Labute approximate surface area is 170 Å². The van der Waals surface area contributed by atoms with E-state index in [1.807, 2.05) is 41.1 Å². The van der Waals surface area contributed by atoms with Crippen molar-refractivity contribution < 1.29 is 13.5 Å². The summed E-state index contributed by atoms with van der Waals surface area (Å²) in [5.74, 6) is 0.671. The minimum absolute atomic E-state index is 0.271. The number of nitrogens with zero attached hydrogens (tertiary/aromatic N) is 3. The van der Waals surface area contributed by atoms with Crippen molar-refractivity contribution in [1.29, 1.82) is 0 Å². The summed E-state index contributed by atoms with van der Waals surface area (Å²) in [4.78, 5) is 0.271. The minimum Gasteiger partial charge on any atom is -0.393 e. The lowest BCUT2D eigenvalue weighted by molar-refractivity contribution is 0.113. The molecule has 0 unspecified atom stereocenters. The monoisotopic (exact) mass is 412 g/mol. The molecule has 1 saturated heterocycles. The Morgan fingerprint density at radius 1 is 1.00 bits per heavy atom. The van der Waals surface area contributed by atoms with Gasteiger partial charge in [-0.1, -0.05) is 18.2 Å². The lowest BCUT2D eigenvalue weighted by Gasteiger charge is -2.28. The highest BCUT2D eigenvalue weighted by Gasteiger charge is 2.31. The molecule has 0 bridgehead atoms. The Morgan fingerprint density at radius 2 is 1.72 bits per heavy atom. The van der Waals surface area contributed by atoms with E-state index < -0.39 is 16.1 Å². The summed E-state index contributed by atoms with van der Waals surface area (Å²) < 4.78 is 29.8. The lowest BCUT2D eigenvalue weighted by atomic mass is 10.1. The molecule has 2 fully saturated rings. The van der Waals surface area contributed by atoms with Crippen LogP contribution in [0.5, 0.6) is 0 Å². The zero-order chi connectivity index (χ0) is 20.0. The summed E-state index contributed by atoms with van der Waals surface area (Å²) in [6.45, 7) is 0.690. The molecule has 0 atom stereocenters. The molecule has 1 saturated carbocycles. The predicted molar refractivity (Wildman–Crippen MR) is 112 cm³/mol. The van der Waals surface area contributed by atoms with Crippen molar-refractivity contribution in [3.63, 3.8) is 0 Å². The van der Waals surface area contributed by atoms with Crippen molar-refractivity contribution in [2.45, 2.75) is 42.7 Å². The Hall–Kier alpha value is -2.42. The average molecular weight is 413 g/mol. The van der Waals surface area contributed by atoms with E-state index in [0.29, 0.717) is 37.8 Å². The number of hydrogen-bond donors (Lipinski definition) is 2. The average Bonchev–Trinajstić information content (AvgIpc) is 3.52. The van der Waals surface area contributed by atoms with Gasteiger partial charge in [-0.15, -0.1) is 0 Å². The third-order valence-corrected chi connectivity index (χ3v) is 7.56. The molecule has 3 aromatic rings. The van der Waals surface area contributed by atoms with Crippen molar-refractivity contribution in [3.8, 4) is 0 Å². The van der Waals surface area contributed by atoms with Crippen LogP contribution in [0.15, 0.2) is 53.4 Å². The molecule has 2 aromatic carbocycles. The van der Waals surface area contributed by atoms with Crippen molar-refractivity contribution in [2.75, 3.05) is 18.4 Å². The molecule has 1 aliphatic heterocycles. The number of sulfonamides is 1. The maximum Gasteiger partial charge on any atom is 0.243 e. The first-order valence-corrected chi connectivity index (χ1v) is 11.5. The van der Waals surface area contributed by atoms with E-state index >= 15 is 0 Å². The van der Waals surface area contributed by atoms with E-state index in [9.17, 15) is 13.5 Å². The Kier molecular flexibility index (Phi) is 4.57. The van der Waals surface area contributed by atoms with E-state index in [2.05, 4.69) is 5.32 Å². The van der Waals surface area contributed by atoms with Gasteiger partial charge in [0.1, 0.15) is 0 Å². The number of aliphatic hydroxyl groups is 1. The summed E-state index contributed by atoms with van der Waals surface area (Å²) in [5.41, 5.74) is 1.85. The maximum absolute atomic E-state index is 13.2. The normalized spacial score (nSPS) is 18.9. The molecule has 2 heterocycles. The van der Waals surface area contributed by atoms with Crippen LogP contribution in [0.25, 0.3) is 10.9 Å². The van der Waals surface area contributed by atoms with Crippen LogP contribution in [-0.4, -0.2) is 46.8 Å². The zero-order valence-corrected chi connectivity index (χ0v) is 16.8.